The molecule has 0 bridgehead atoms. The number of halogens is 2. The number of allylic oxidation sites excluding steroid dienone is 1. The highest BCUT2D eigenvalue weighted by atomic mass is 127. The first-order valence-electron chi connectivity index (χ1n) is 13.8. The summed E-state index contributed by atoms with van der Waals surface area (Å²) in [4.78, 5) is 37.4. The Morgan fingerprint density at radius 2 is 1.89 bits per heavy atom. The molecule has 1 atom stereocenters. The minimum atomic E-state index is -0.785. The molecule has 46 heavy (non-hydrogen) atoms. The largest absolute Gasteiger partial charge is 0.493 e. The molecule has 0 spiro atoms. The number of ether oxygens (including phenoxy) is 4. The minimum absolute atomic E-state index is 0.176. The monoisotopic (exact) mass is 849 g/mol. The lowest BCUT2D eigenvalue weighted by Gasteiger charge is -2.28. The second-order valence-electron chi connectivity index (χ2n) is 9.65. The maximum Gasteiger partial charge on any atom is 0.338 e. The fourth-order valence-corrected chi connectivity index (χ4v) is 6.53. The number of amides is 3. The lowest BCUT2D eigenvalue weighted by atomic mass is 9.95. The van der Waals surface area contributed by atoms with Crippen LogP contribution in [0, 0.1) is 18.5 Å². The third-order valence-corrected chi connectivity index (χ3v) is 8.01. The quantitative estimate of drug-likeness (QED) is 0.0986. The molecule has 3 amide bonds. The van der Waals surface area contributed by atoms with Crippen molar-refractivity contribution in [3.05, 3.63) is 95.3 Å². The van der Waals surface area contributed by atoms with Gasteiger partial charge in [-0.3, -0.25) is 4.79 Å². The van der Waals surface area contributed by atoms with Gasteiger partial charge in [0.15, 0.2) is 18.1 Å². The summed E-state index contributed by atoms with van der Waals surface area (Å²) < 4.78 is 24.2. The van der Waals surface area contributed by atoms with Gasteiger partial charge < -0.3 is 29.6 Å². The van der Waals surface area contributed by atoms with Crippen molar-refractivity contribution in [2.75, 3.05) is 20.3 Å². The summed E-state index contributed by atoms with van der Waals surface area (Å²) in [5.41, 5.74) is 5.57. The average molecular weight is 849 g/mol. The molecule has 4 rings (SSSR count). The molecular formula is C32H29I2N5O7. The molecule has 0 aromatic heterocycles. The third-order valence-electron chi connectivity index (χ3n) is 6.58. The Morgan fingerprint density at radius 3 is 2.63 bits per heavy atom. The molecule has 0 radical (unpaired) electrons. The lowest BCUT2D eigenvalue weighted by molar-refractivity contribution is -0.139. The maximum absolute atomic E-state index is 12.6. The average Bonchev–Trinajstić information content (AvgIpc) is 3.03. The van der Waals surface area contributed by atoms with E-state index in [1.807, 2.05) is 24.3 Å². The minimum Gasteiger partial charge on any atom is -0.493 e. The number of carbonyl (C=O) groups excluding carboxylic acids is 3. The van der Waals surface area contributed by atoms with Gasteiger partial charge in [0.05, 0.1) is 46.7 Å². The van der Waals surface area contributed by atoms with E-state index in [-0.39, 0.29) is 36.9 Å². The van der Waals surface area contributed by atoms with Crippen LogP contribution in [-0.4, -0.2) is 44.4 Å². The Labute approximate surface area is 292 Å². The van der Waals surface area contributed by atoms with Crippen molar-refractivity contribution in [2.24, 2.45) is 5.10 Å². The van der Waals surface area contributed by atoms with Gasteiger partial charge in [0, 0.05) is 20.4 Å². The van der Waals surface area contributed by atoms with Crippen LogP contribution in [0.15, 0.2) is 71.0 Å². The van der Waals surface area contributed by atoms with Crippen LogP contribution in [0.3, 0.4) is 0 Å². The van der Waals surface area contributed by atoms with Gasteiger partial charge in [-0.2, -0.15) is 10.4 Å². The first-order chi connectivity index (χ1) is 22.1. The van der Waals surface area contributed by atoms with E-state index in [0.29, 0.717) is 28.1 Å². The van der Waals surface area contributed by atoms with E-state index in [9.17, 15) is 19.6 Å². The Bertz CT molecular complexity index is 1750. The highest BCUT2D eigenvalue weighted by Crippen LogP contribution is 2.35. The number of hydrogen-bond acceptors (Lipinski definition) is 9. The Balaban J connectivity index is 1.42. The molecule has 14 heteroatoms. The van der Waals surface area contributed by atoms with E-state index in [4.69, 9.17) is 18.9 Å². The molecule has 0 fully saturated rings. The fraction of sp³-hybridized carbons (Fsp3) is 0.219. The topological polar surface area (TPSA) is 160 Å². The van der Waals surface area contributed by atoms with Crippen molar-refractivity contribution in [1.29, 1.82) is 5.26 Å². The van der Waals surface area contributed by atoms with Crippen molar-refractivity contribution < 1.29 is 33.3 Å². The molecule has 1 heterocycles. The number of esters is 1. The van der Waals surface area contributed by atoms with E-state index in [2.05, 4.69) is 72.4 Å². The zero-order chi connectivity index (χ0) is 33.2. The van der Waals surface area contributed by atoms with Crippen molar-refractivity contribution >= 4 is 69.3 Å². The number of benzene rings is 3. The fourth-order valence-electron chi connectivity index (χ4n) is 4.49. The summed E-state index contributed by atoms with van der Waals surface area (Å²) in [6.07, 6.45) is 1.48. The Hall–Kier alpha value is -4.37. The molecular weight excluding hydrogens is 820 g/mol. The number of nitrogens with zero attached hydrogens (tertiary/aromatic N) is 2. The van der Waals surface area contributed by atoms with Crippen molar-refractivity contribution in [2.45, 2.75) is 26.5 Å². The summed E-state index contributed by atoms with van der Waals surface area (Å²) in [6, 6.07) is 16.8. The molecule has 0 saturated heterocycles. The predicted molar refractivity (Wildman–Crippen MR) is 185 cm³/mol. The third kappa shape index (κ3) is 8.66. The molecule has 3 aromatic rings. The molecule has 0 saturated carbocycles. The molecule has 0 aliphatic carbocycles. The standard InChI is InChI=1S/C32H29I2N5O7/c1-4-44-31(41)28-18(2)37-32(42)38-29(28)19-9-10-25(26(12-19)43-3)45-17-27(40)39-36-15-22-11-23(33)13-24(34)30(22)46-16-21-8-6-5-7-20(21)14-35/h5-13,15,29H,4,16-17H2,1-3H3,(H,39,40)(H2,37,38,42)/b36-15+/t29-/m0/s1. The molecule has 12 nitrogen and oxygen atoms in total. The summed E-state index contributed by atoms with van der Waals surface area (Å²) in [6.45, 7) is 3.31. The molecule has 3 N–H and O–H groups in total. The van der Waals surface area contributed by atoms with E-state index in [1.165, 1.54) is 13.3 Å². The van der Waals surface area contributed by atoms with E-state index in [1.54, 1.807) is 44.2 Å². The van der Waals surface area contributed by atoms with Crippen LogP contribution in [0.25, 0.3) is 0 Å². The van der Waals surface area contributed by atoms with Crippen molar-refractivity contribution in [3.8, 4) is 23.3 Å². The number of nitrogens with one attached hydrogen (secondary N) is 3. The normalized spacial score (nSPS) is 14.2. The molecule has 1 aliphatic heterocycles. The van der Waals surface area contributed by atoms with Crippen LogP contribution in [0.2, 0.25) is 0 Å². The van der Waals surface area contributed by atoms with Gasteiger partial charge in [-0.05, 0) is 94.9 Å². The molecule has 3 aromatic carbocycles. The molecule has 0 unspecified atom stereocenters. The van der Waals surface area contributed by atoms with E-state index >= 15 is 0 Å². The zero-order valence-corrected chi connectivity index (χ0v) is 29.3. The van der Waals surface area contributed by atoms with Gasteiger partial charge in [0.2, 0.25) is 0 Å². The van der Waals surface area contributed by atoms with E-state index < -0.39 is 23.9 Å². The highest BCUT2D eigenvalue weighted by molar-refractivity contribution is 14.1. The number of hydrogen-bond donors (Lipinski definition) is 3. The van der Waals surface area contributed by atoms with E-state index in [0.717, 1.165) is 12.7 Å². The first-order valence-corrected chi connectivity index (χ1v) is 16.0. The van der Waals surface area contributed by atoms with Crippen LogP contribution in [0.5, 0.6) is 17.2 Å². The van der Waals surface area contributed by atoms with Crippen LogP contribution >= 0.6 is 45.2 Å². The number of methoxy groups -OCH3 is 1. The van der Waals surface area contributed by atoms with Gasteiger partial charge in [0.1, 0.15) is 12.4 Å². The highest BCUT2D eigenvalue weighted by Gasteiger charge is 2.32. The van der Waals surface area contributed by atoms with Crippen LogP contribution in [0.4, 0.5) is 4.79 Å². The Morgan fingerprint density at radius 1 is 1.11 bits per heavy atom. The Kier molecular flexibility index (Phi) is 12.2. The SMILES string of the molecule is CCOC(=O)C1=C(C)NC(=O)N[C@H]1c1ccc(OCC(=O)N/N=C/c2cc(I)cc(I)c2OCc2ccccc2C#N)c(OC)c1. The van der Waals surface area contributed by atoms with Gasteiger partial charge in [-0.1, -0.05) is 24.3 Å². The lowest BCUT2D eigenvalue weighted by Crippen LogP contribution is -2.45. The number of nitriles is 1. The maximum atomic E-state index is 12.6. The molecule has 238 valence electrons. The van der Waals surface area contributed by atoms with Crippen LogP contribution in [-0.2, 0) is 20.9 Å². The second kappa shape index (κ2) is 16.3. The number of hydrazone groups is 1. The van der Waals surface area contributed by atoms with Gasteiger partial charge in [-0.15, -0.1) is 0 Å². The van der Waals surface area contributed by atoms with Crippen LogP contribution in [0.1, 0.15) is 42.1 Å². The van der Waals surface area contributed by atoms with Crippen molar-refractivity contribution in [1.82, 2.24) is 16.1 Å². The van der Waals surface area contributed by atoms with Gasteiger partial charge in [-0.25, -0.2) is 15.0 Å². The summed E-state index contributed by atoms with van der Waals surface area (Å²) >= 11 is 4.35. The second-order valence-corrected chi connectivity index (χ2v) is 12.1. The summed E-state index contributed by atoms with van der Waals surface area (Å²) in [5.74, 6) is 0.0351. The zero-order valence-electron chi connectivity index (χ0n) is 25.0. The first kappa shape index (κ1) is 34.5. The van der Waals surface area contributed by atoms with Crippen LogP contribution < -0.4 is 30.3 Å². The predicted octanol–water partition coefficient (Wildman–Crippen LogP) is 5.08. The van der Waals surface area contributed by atoms with Gasteiger partial charge >= 0.3 is 12.0 Å². The molecule has 1 aliphatic rings. The van der Waals surface area contributed by atoms with Gasteiger partial charge in [0.25, 0.3) is 5.91 Å². The number of urea groups is 1. The number of rotatable bonds is 12. The number of carbonyl (C=O) groups is 3. The summed E-state index contributed by atoms with van der Waals surface area (Å²) in [7, 11) is 1.44. The van der Waals surface area contributed by atoms with Crippen molar-refractivity contribution in [3.63, 3.8) is 0 Å². The smallest absolute Gasteiger partial charge is 0.338 e. The summed E-state index contributed by atoms with van der Waals surface area (Å²) in [5, 5.41) is 18.8.